The molecule has 0 aliphatic heterocycles. The highest BCUT2D eigenvalue weighted by molar-refractivity contribution is 7.10. The van der Waals surface area contributed by atoms with Crippen molar-refractivity contribution in [2.45, 2.75) is 19.9 Å². The summed E-state index contributed by atoms with van der Waals surface area (Å²) in [6.07, 6.45) is 0. The lowest BCUT2D eigenvalue weighted by Gasteiger charge is -2.14. The molecule has 15 heavy (non-hydrogen) atoms. The van der Waals surface area contributed by atoms with Gasteiger partial charge < -0.3 is 0 Å². The summed E-state index contributed by atoms with van der Waals surface area (Å²) in [7, 11) is 0. The summed E-state index contributed by atoms with van der Waals surface area (Å²) in [5.41, 5.74) is 6.72. The molecule has 1 atom stereocenters. The third kappa shape index (κ3) is 2.13. The van der Waals surface area contributed by atoms with Crippen LogP contribution in [0.25, 0.3) is 0 Å². The van der Waals surface area contributed by atoms with Gasteiger partial charge in [0.15, 0.2) is 0 Å². The van der Waals surface area contributed by atoms with Crippen LogP contribution < -0.4 is 11.3 Å². The maximum Gasteiger partial charge on any atom is 0.0728 e. The zero-order chi connectivity index (χ0) is 10.8. The fraction of sp³-hybridized carbons (Fsp3) is 0.273. The second kappa shape index (κ2) is 4.45. The summed E-state index contributed by atoms with van der Waals surface area (Å²) in [5, 5.41) is 6.47. The van der Waals surface area contributed by atoms with Gasteiger partial charge in [0.25, 0.3) is 0 Å². The van der Waals surface area contributed by atoms with Crippen LogP contribution in [0.1, 0.15) is 27.6 Å². The maximum absolute atomic E-state index is 5.63. The quantitative estimate of drug-likeness (QED) is 0.637. The number of hydrogen-bond acceptors (Lipinski definition) is 4. The highest BCUT2D eigenvalue weighted by Crippen LogP contribution is 2.29. The van der Waals surface area contributed by atoms with Gasteiger partial charge in [-0.25, -0.2) is 5.43 Å². The first kappa shape index (κ1) is 10.8. The molecule has 0 bridgehead atoms. The molecule has 4 heteroatoms. The van der Waals surface area contributed by atoms with Gasteiger partial charge in [-0.1, -0.05) is 0 Å². The molecule has 3 N–H and O–H groups in total. The van der Waals surface area contributed by atoms with E-state index in [-0.39, 0.29) is 6.04 Å². The molecule has 2 rings (SSSR count). The average molecular weight is 238 g/mol. The predicted octanol–water partition coefficient (Wildman–Crippen LogP) is 2.98. The molecule has 1 unspecified atom stereocenters. The lowest BCUT2D eigenvalue weighted by atomic mass is 10.0. The third-order valence-electron chi connectivity index (χ3n) is 2.46. The zero-order valence-corrected chi connectivity index (χ0v) is 10.4. The largest absolute Gasteiger partial charge is 0.271 e. The molecule has 0 amide bonds. The van der Waals surface area contributed by atoms with Crippen LogP contribution in [0.2, 0.25) is 0 Å². The van der Waals surface area contributed by atoms with E-state index < -0.39 is 0 Å². The normalized spacial score (nSPS) is 13.0. The molecular formula is C11H14N2S2. The molecule has 0 aliphatic rings. The highest BCUT2D eigenvalue weighted by atomic mass is 32.1. The van der Waals surface area contributed by atoms with Gasteiger partial charge in [0.2, 0.25) is 0 Å². The number of hydrogen-bond donors (Lipinski definition) is 2. The summed E-state index contributed by atoms with van der Waals surface area (Å²) in [6.45, 7) is 4.23. The van der Waals surface area contributed by atoms with E-state index in [4.69, 9.17) is 5.84 Å². The van der Waals surface area contributed by atoms with Crippen LogP contribution in [0.5, 0.6) is 0 Å². The molecule has 2 nitrogen and oxygen atoms in total. The first-order valence-electron chi connectivity index (χ1n) is 4.76. The van der Waals surface area contributed by atoms with Crippen molar-refractivity contribution in [3.8, 4) is 0 Å². The number of nitrogens with one attached hydrogen (secondary N) is 1. The lowest BCUT2D eigenvalue weighted by Crippen LogP contribution is -2.28. The Labute approximate surface area is 97.7 Å². The monoisotopic (exact) mass is 238 g/mol. The van der Waals surface area contributed by atoms with E-state index in [2.05, 4.69) is 41.5 Å². The number of aryl methyl sites for hydroxylation is 2. The molecule has 0 aromatic carbocycles. The van der Waals surface area contributed by atoms with Crippen molar-refractivity contribution in [1.29, 1.82) is 0 Å². The summed E-state index contributed by atoms with van der Waals surface area (Å²) in [5.74, 6) is 5.63. The molecule has 80 valence electrons. The fourth-order valence-electron chi connectivity index (χ4n) is 1.65. The minimum Gasteiger partial charge on any atom is -0.271 e. The Morgan fingerprint density at radius 2 is 2.07 bits per heavy atom. The Morgan fingerprint density at radius 1 is 1.27 bits per heavy atom. The van der Waals surface area contributed by atoms with Gasteiger partial charge in [-0.15, -0.1) is 11.3 Å². The Balaban J connectivity index is 2.36. The molecule has 2 aromatic heterocycles. The third-order valence-corrected chi connectivity index (χ3v) is 4.22. The summed E-state index contributed by atoms with van der Waals surface area (Å²) >= 11 is 3.48. The van der Waals surface area contributed by atoms with Crippen LogP contribution in [0.15, 0.2) is 22.2 Å². The molecule has 0 radical (unpaired) electrons. The van der Waals surface area contributed by atoms with E-state index in [9.17, 15) is 0 Å². The van der Waals surface area contributed by atoms with Crippen molar-refractivity contribution in [3.05, 3.63) is 43.8 Å². The van der Waals surface area contributed by atoms with Crippen molar-refractivity contribution in [2.24, 2.45) is 5.84 Å². The first-order chi connectivity index (χ1) is 7.22. The smallest absolute Gasteiger partial charge is 0.0728 e. The molecule has 0 spiro atoms. The van der Waals surface area contributed by atoms with Crippen LogP contribution in [-0.4, -0.2) is 0 Å². The minimum absolute atomic E-state index is 0.126. The Bertz CT molecular complexity index is 445. The first-order valence-corrected chi connectivity index (χ1v) is 6.58. The van der Waals surface area contributed by atoms with Crippen molar-refractivity contribution in [2.75, 3.05) is 0 Å². The van der Waals surface area contributed by atoms with E-state index in [0.717, 1.165) is 0 Å². The second-order valence-corrected chi connectivity index (χ2v) is 5.46. The SMILES string of the molecule is Cc1cc(C(NN)c2cscc2C)cs1. The number of thiophene rings is 2. The van der Waals surface area contributed by atoms with E-state index >= 15 is 0 Å². The summed E-state index contributed by atoms with van der Waals surface area (Å²) in [4.78, 5) is 1.32. The molecule has 2 aromatic rings. The number of hydrazine groups is 1. The van der Waals surface area contributed by atoms with Crippen molar-refractivity contribution < 1.29 is 0 Å². The van der Waals surface area contributed by atoms with Gasteiger partial charge in [0.05, 0.1) is 6.04 Å². The average Bonchev–Trinajstić information content (AvgIpc) is 2.79. The van der Waals surface area contributed by atoms with Crippen LogP contribution in [-0.2, 0) is 0 Å². The summed E-state index contributed by atoms with van der Waals surface area (Å²) < 4.78 is 0. The van der Waals surface area contributed by atoms with Gasteiger partial charge in [-0.05, 0) is 52.7 Å². The van der Waals surface area contributed by atoms with Crippen molar-refractivity contribution in [3.63, 3.8) is 0 Å². The van der Waals surface area contributed by atoms with Gasteiger partial charge in [0, 0.05) is 4.88 Å². The number of rotatable bonds is 3. The van der Waals surface area contributed by atoms with Crippen LogP contribution in [0.3, 0.4) is 0 Å². The molecular weight excluding hydrogens is 224 g/mol. The molecule has 0 saturated heterocycles. The van der Waals surface area contributed by atoms with Crippen LogP contribution in [0.4, 0.5) is 0 Å². The Hall–Kier alpha value is -0.680. The standard InChI is InChI=1S/C11H14N2S2/c1-7-4-14-6-10(7)11(13-12)9-3-8(2)15-5-9/h3-6,11,13H,12H2,1-2H3. The highest BCUT2D eigenvalue weighted by Gasteiger charge is 2.16. The van der Waals surface area contributed by atoms with Gasteiger partial charge >= 0.3 is 0 Å². The second-order valence-electron chi connectivity index (χ2n) is 3.60. The Morgan fingerprint density at radius 3 is 2.53 bits per heavy atom. The minimum atomic E-state index is 0.126. The fourth-order valence-corrected chi connectivity index (χ4v) is 3.25. The van der Waals surface area contributed by atoms with Gasteiger partial charge in [-0.3, -0.25) is 5.84 Å². The van der Waals surface area contributed by atoms with E-state index in [1.54, 1.807) is 22.7 Å². The maximum atomic E-state index is 5.63. The molecule has 2 heterocycles. The van der Waals surface area contributed by atoms with Gasteiger partial charge in [0.1, 0.15) is 0 Å². The molecule has 0 saturated carbocycles. The van der Waals surface area contributed by atoms with Gasteiger partial charge in [-0.2, -0.15) is 11.3 Å². The molecule has 0 aliphatic carbocycles. The predicted molar refractivity (Wildman–Crippen MR) is 67.3 cm³/mol. The van der Waals surface area contributed by atoms with E-state index in [1.165, 1.54) is 21.6 Å². The van der Waals surface area contributed by atoms with Crippen LogP contribution >= 0.6 is 22.7 Å². The summed E-state index contributed by atoms with van der Waals surface area (Å²) in [6, 6.07) is 2.31. The Kier molecular flexibility index (Phi) is 3.21. The lowest BCUT2D eigenvalue weighted by molar-refractivity contribution is 0.637. The molecule has 0 fully saturated rings. The van der Waals surface area contributed by atoms with Crippen LogP contribution in [0, 0.1) is 13.8 Å². The van der Waals surface area contributed by atoms with E-state index in [0.29, 0.717) is 0 Å². The topological polar surface area (TPSA) is 38.0 Å². The number of nitrogens with two attached hydrogens (primary N) is 1. The van der Waals surface area contributed by atoms with E-state index in [1.807, 2.05) is 0 Å². The van der Waals surface area contributed by atoms with Crippen molar-refractivity contribution >= 4 is 22.7 Å². The van der Waals surface area contributed by atoms with Crippen molar-refractivity contribution in [1.82, 2.24) is 5.43 Å². The zero-order valence-electron chi connectivity index (χ0n) is 8.78.